The molecule has 4 heteroatoms. The van der Waals surface area contributed by atoms with Gasteiger partial charge in [-0.1, -0.05) is 0 Å². The second-order valence-electron chi connectivity index (χ2n) is 4.99. The maximum atomic E-state index is 11.6. The van der Waals surface area contributed by atoms with E-state index in [1.807, 2.05) is 20.8 Å². The summed E-state index contributed by atoms with van der Waals surface area (Å²) in [5.74, 6) is 0.535. The van der Waals surface area contributed by atoms with Gasteiger partial charge in [0.15, 0.2) is 0 Å². The molecule has 2 rings (SSSR count). The van der Waals surface area contributed by atoms with Crippen LogP contribution in [0.4, 0.5) is 0 Å². The van der Waals surface area contributed by atoms with Gasteiger partial charge in [0, 0.05) is 23.0 Å². The molecule has 14 heavy (non-hydrogen) atoms. The second-order valence-corrected chi connectivity index (χ2v) is 6.87. The summed E-state index contributed by atoms with van der Waals surface area (Å²) in [6, 6.07) is 0. The third kappa shape index (κ3) is 1.23. The van der Waals surface area contributed by atoms with Crippen molar-refractivity contribution in [2.45, 2.75) is 44.5 Å². The van der Waals surface area contributed by atoms with Crippen LogP contribution in [0.15, 0.2) is 0 Å². The molecule has 0 amide bonds. The molecule has 3 nitrogen and oxygen atoms in total. The van der Waals surface area contributed by atoms with Crippen LogP contribution in [0.25, 0.3) is 0 Å². The summed E-state index contributed by atoms with van der Waals surface area (Å²) in [5, 5.41) is -0.00627. The molecule has 2 heterocycles. The van der Waals surface area contributed by atoms with Crippen molar-refractivity contribution in [3.8, 4) is 0 Å². The van der Waals surface area contributed by atoms with Crippen LogP contribution < -0.4 is 0 Å². The van der Waals surface area contributed by atoms with E-state index in [0.717, 1.165) is 6.42 Å². The van der Waals surface area contributed by atoms with E-state index in [9.17, 15) is 9.00 Å². The summed E-state index contributed by atoms with van der Waals surface area (Å²) < 4.78 is 17.0. The van der Waals surface area contributed by atoms with E-state index >= 15 is 0 Å². The zero-order valence-corrected chi connectivity index (χ0v) is 9.65. The Labute approximate surface area is 86.7 Å². The predicted molar refractivity (Wildman–Crippen MR) is 54.3 cm³/mol. The minimum Gasteiger partial charge on any atom is -0.457 e. The lowest BCUT2D eigenvalue weighted by molar-refractivity contribution is -0.152. The van der Waals surface area contributed by atoms with Crippen LogP contribution in [0.2, 0.25) is 0 Å². The van der Waals surface area contributed by atoms with Crippen LogP contribution in [0.1, 0.15) is 33.6 Å². The summed E-state index contributed by atoms with van der Waals surface area (Å²) in [6.45, 7) is 5.73. The fraction of sp³-hybridized carbons (Fsp3) is 0.900. The lowest BCUT2D eigenvalue weighted by atomic mass is 9.81. The van der Waals surface area contributed by atoms with Gasteiger partial charge in [0.1, 0.15) is 5.60 Å². The van der Waals surface area contributed by atoms with Gasteiger partial charge in [-0.05, 0) is 27.2 Å². The molecule has 2 saturated heterocycles. The van der Waals surface area contributed by atoms with E-state index < -0.39 is 21.8 Å². The Morgan fingerprint density at radius 2 is 2.14 bits per heavy atom. The molecule has 2 aliphatic heterocycles. The van der Waals surface area contributed by atoms with Crippen molar-refractivity contribution >= 4 is 16.8 Å². The number of esters is 1. The lowest BCUT2D eigenvalue weighted by Crippen LogP contribution is -2.36. The van der Waals surface area contributed by atoms with E-state index in [4.69, 9.17) is 4.74 Å². The van der Waals surface area contributed by atoms with Crippen LogP contribution in [0.3, 0.4) is 0 Å². The molecule has 80 valence electrons. The zero-order valence-electron chi connectivity index (χ0n) is 8.83. The molecule has 2 fully saturated rings. The third-order valence-corrected chi connectivity index (χ3v) is 5.28. The first-order valence-corrected chi connectivity index (χ1v) is 6.36. The highest BCUT2D eigenvalue weighted by Gasteiger charge is 2.58. The monoisotopic (exact) mass is 216 g/mol. The maximum Gasteiger partial charge on any atom is 0.312 e. The van der Waals surface area contributed by atoms with Gasteiger partial charge < -0.3 is 4.74 Å². The second kappa shape index (κ2) is 2.81. The third-order valence-electron chi connectivity index (χ3n) is 3.45. The summed E-state index contributed by atoms with van der Waals surface area (Å²) in [4.78, 5) is 11.6. The molecule has 0 aromatic rings. The maximum absolute atomic E-state index is 11.6. The van der Waals surface area contributed by atoms with E-state index in [-0.39, 0.29) is 11.2 Å². The van der Waals surface area contributed by atoms with Crippen molar-refractivity contribution in [1.29, 1.82) is 0 Å². The van der Waals surface area contributed by atoms with Gasteiger partial charge in [-0.3, -0.25) is 9.00 Å². The van der Waals surface area contributed by atoms with Gasteiger partial charge in [0.2, 0.25) is 0 Å². The molecule has 0 radical (unpaired) electrons. The summed E-state index contributed by atoms with van der Waals surface area (Å²) >= 11 is 0. The van der Waals surface area contributed by atoms with Crippen molar-refractivity contribution in [2.75, 3.05) is 5.75 Å². The van der Waals surface area contributed by atoms with Crippen molar-refractivity contribution in [3.05, 3.63) is 0 Å². The minimum atomic E-state index is -0.822. The van der Waals surface area contributed by atoms with Crippen LogP contribution in [0.5, 0.6) is 0 Å². The molecule has 0 N–H and O–H groups in total. The zero-order chi connectivity index (χ0) is 10.6. The Balaban J connectivity index is 2.29. The Morgan fingerprint density at radius 3 is 2.50 bits per heavy atom. The van der Waals surface area contributed by atoms with Crippen molar-refractivity contribution in [1.82, 2.24) is 0 Å². The highest BCUT2D eigenvalue weighted by atomic mass is 32.2. The molecule has 0 aromatic heterocycles. The van der Waals surface area contributed by atoms with Gasteiger partial charge in [0.25, 0.3) is 0 Å². The first-order chi connectivity index (χ1) is 6.37. The van der Waals surface area contributed by atoms with Crippen LogP contribution in [0, 0.1) is 5.41 Å². The minimum absolute atomic E-state index is 0.00627. The smallest absolute Gasteiger partial charge is 0.312 e. The quantitative estimate of drug-likeness (QED) is 0.572. The normalized spacial score (nSPS) is 45.8. The SMILES string of the molecule is CC1S(=O)CCC12CC(C)(C)C(=O)O2. The van der Waals surface area contributed by atoms with Gasteiger partial charge >= 0.3 is 5.97 Å². The average Bonchev–Trinajstić information content (AvgIpc) is 2.46. The molecule has 2 aliphatic rings. The number of hydrogen-bond acceptors (Lipinski definition) is 3. The van der Waals surface area contributed by atoms with Gasteiger partial charge in [-0.25, -0.2) is 0 Å². The fourth-order valence-electron chi connectivity index (χ4n) is 2.44. The van der Waals surface area contributed by atoms with Crippen LogP contribution in [-0.2, 0) is 20.3 Å². The van der Waals surface area contributed by atoms with Gasteiger partial charge in [-0.15, -0.1) is 0 Å². The molecule has 0 aromatic carbocycles. The number of carbonyl (C=O) groups excluding carboxylic acids is 1. The van der Waals surface area contributed by atoms with Gasteiger partial charge in [-0.2, -0.15) is 0 Å². The molecule has 3 atom stereocenters. The molecule has 0 saturated carbocycles. The highest BCUT2D eigenvalue weighted by molar-refractivity contribution is 7.86. The van der Waals surface area contributed by atoms with Crippen molar-refractivity contribution < 1.29 is 13.7 Å². The number of ether oxygens (including phenoxy) is 1. The van der Waals surface area contributed by atoms with Gasteiger partial charge in [0.05, 0.1) is 10.7 Å². The fourth-order valence-corrected chi connectivity index (χ4v) is 4.07. The van der Waals surface area contributed by atoms with Crippen LogP contribution in [-0.4, -0.2) is 26.8 Å². The van der Waals surface area contributed by atoms with Crippen LogP contribution >= 0.6 is 0 Å². The topological polar surface area (TPSA) is 43.4 Å². The first kappa shape index (κ1) is 10.1. The van der Waals surface area contributed by atoms with E-state index in [2.05, 4.69) is 0 Å². The molecular formula is C10H16O3S. The highest BCUT2D eigenvalue weighted by Crippen LogP contribution is 2.48. The molecule has 3 unspecified atom stereocenters. The molecule has 1 spiro atoms. The number of hydrogen-bond donors (Lipinski definition) is 0. The Bertz CT molecular complexity index is 310. The molecule has 0 aliphatic carbocycles. The number of carbonyl (C=O) groups is 1. The van der Waals surface area contributed by atoms with E-state index in [1.54, 1.807) is 0 Å². The van der Waals surface area contributed by atoms with E-state index in [0.29, 0.717) is 12.2 Å². The predicted octanol–water partition coefficient (Wildman–Crippen LogP) is 1.24. The standard InChI is InChI=1S/C10H16O3S/c1-7-10(4-5-14(7)12)6-9(2,3)8(11)13-10/h7H,4-6H2,1-3H3. The summed E-state index contributed by atoms with van der Waals surface area (Å²) in [6.07, 6.45) is 1.47. The Kier molecular flexibility index (Phi) is 2.04. The average molecular weight is 216 g/mol. The van der Waals surface area contributed by atoms with Crippen molar-refractivity contribution in [3.63, 3.8) is 0 Å². The van der Waals surface area contributed by atoms with E-state index in [1.165, 1.54) is 0 Å². The summed E-state index contributed by atoms with van der Waals surface area (Å²) in [7, 11) is -0.822. The largest absolute Gasteiger partial charge is 0.457 e. The Morgan fingerprint density at radius 1 is 1.50 bits per heavy atom. The number of rotatable bonds is 0. The first-order valence-electron chi connectivity index (χ1n) is 4.98. The Hall–Kier alpha value is -0.380. The van der Waals surface area contributed by atoms with Crippen molar-refractivity contribution in [2.24, 2.45) is 5.41 Å². The lowest BCUT2D eigenvalue weighted by Gasteiger charge is -2.26. The molecule has 0 bridgehead atoms. The summed E-state index contributed by atoms with van der Waals surface area (Å²) in [5.41, 5.74) is -0.825. The molecular weight excluding hydrogens is 200 g/mol.